The number of aromatic nitrogens is 5. The fourth-order valence-electron chi connectivity index (χ4n) is 3.66. The van der Waals surface area contributed by atoms with E-state index in [0.717, 1.165) is 6.26 Å². The molecule has 1 aromatic carbocycles. The Bertz CT molecular complexity index is 1560. The molecular formula is C23H26F2N6O5S. The highest BCUT2D eigenvalue weighted by molar-refractivity contribution is 7.90. The minimum Gasteiger partial charge on any atom is -0.435 e. The van der Waals surface area contributed by atoms with E-state index in [1.165, 1.54) is 24.5 Å². The van der Waals surface area contributed by atoms with E-state index in [1.54, 1.807) is 10.7 Å². The number of hydrogen-bond acceptors (Lipinski definition) is 8. The molecule has 0 saturated carbocycles. The summed E-state index contributed by atoms with van der Waals surface area (Å²) in [6.07, 6.45) is 3.67. The Morgan fingerprint density at radius 3 is 2.70 bits per heavy atom. The highest BCUT2D eigenvalue weighted by Crippen LogP contribution is 2.32. The molecule has 4 rings (SSSR count). The van der Waals surface area contributed by atoms with Gasteiger partial charge in [-0.2, -0.15) is 13.9 Å². The Balaban J connectivity index is 1.75. The molecule has 0 unspecified atom stereocenters. The average molecular weight is 537 g/mol. The number of aromatic amines is 1. The number of sulfone groups is 1. The molecule has 0 aliphatic carbocycles. The molecule has 4 aromatic rings. The number of halogens is 2. The number of alkyl halides is 2. The number of rotatable bonds is 8. The van der Waals surface area contributed by atoms with E-state index in [2.05, 4.69) is 30.1 Å². The van der Waals surface area contributed by atoms with Crippen LogP contribution in [0.3, 0.4) is 0 Å². The number of nitrogens with one attached hydrogen (secondary N) is 2. The molecule has 3 aromatic heterocycles. The van der Waals surface area contributed by atoms with E-state index in [1.807, 2.05) is 20.8 Å². The van der Waals surface area contributed by atoms with Crippen LogP contribution in [0.2, 0.25) is 0 Å². The van der Waals surface area contributed by atoms with Gasteiger partial charge in [0.1, 0.15) is 27.0 Å². The third-order valence-corrected chi connectivity index (χ3v) is 6.13. The van der Waals surface area contributed by atoms with Crippen molar-refractivity contribution in [1.82, 2.24) is 30.0 Å². The number of carbonyl (C=O) groups is 1. The fourth-order valence-corrected chi connectivity index (χ4v) is 4.32. The lowest BCUT2D eigenvalue weighted by molar-refractivity contribution is -0.0497. The van der Waals surface area contributed by atoms with Gasteiger partial charge in [0.2, 0.25) is 0 Å². The molecule has 3 heterocycles. The third-order valence-electron chi connectivity index (χ3n) is 5.10. The highest BCUT2D eigenvalue weighted by Gasteiger charge is 2.21. The van der Waals surface area contributed by atoms with Gasteiger partial charge in [0.05, 0.1) is 17.5 Å². The number of H-pyrrole nitrogens is 1. The summed E-state index contributed by atoms with van der Waals surface area (Å²) in [5.74, 6) is 0.0330. The van der Waals surface area contributed by atoms with Gasteiger partial charge in [-0.1, -0.05) is 0 Å². The maximum absolute atomic E-state index is 12.8. The fraction of sp³-hybridized carbons (Fsp3) is 0.391. The molecular weight excluding hydrogens is 510 g/mol. The quantitative estimate of drug-likeness (QED) is 0.345. The second kappa shape index (κ2) is 9.92. The second-order valence-corrected chi connectivity index (χ2v) is 11.7. The maximum atomic E-state index is 12.8. The smallest absolute Gasteiger partial charge is 0.413 e. The van der Waals surface area contributed by atoms with Crippen molar-refractivity contribution in [3.63, 3.8) is 0 Å². The van der Waals surface area contributed by atoms with Gasteiger partial charge in [0.25, 0.3) is 0 Å². The lowest BCUT2D eigenvalue weighted by atomic mass is 10.1. The Labute approximate surface area is 211 Å². The summed E-state index contributed by atoms with van der Waals surface area (Å²) in [4.78, 5) is 24.1. The molecule has 198 valence electrons. The lowest BCUT2D eigenvalue weighted by Crippen LogP contribution is -2.42. The van der Waals surface area contributed by atoms with Gasteiger partial charge in [0.15, 0.2) is 16.9 Å². The first-order valence-electron chi connectivity index (χ1n) is 11.3. The molecule has 0 saturated heterocycles. The second-order valence-electron chi connectivity index (χ2n) is 9.48. The largest absolute Gasteiger partial charge is 0.435 e. The Morgan fingerprint density at radius 2 is 2.03 bits per heavy atom. The van der Waals surface area contributed by atoms with Crippen LogP contribution in [0.15, 0.2) is 30.6 Å². The van der Waals surface area contributed by atoms with Gasteiger partial charge >= 0.3 is 12.7 Å². The van der Waals surface area contributed by atoms with Crippen molar-refractivity contribution in [3.05, 3.63) is 30.6 Å². The SMILES string of the molecule is CC(C)(C)NC(=O)Oc1c[nH]c2ncc(-c3nn(CCCS(C)(=O)=O)c4ccc(OC(F)F)cc34)nc12. The van der Waals surface area contributed by atoms with Crippen LogP contribution in [0.5, 0.6) is 11.5 Å². The zero-order valence-corrected chi connectivity index (χ0v) is 21.4. The monoisotopic (exact) mass is 536 g/mol. The molecule has 1 amide bonds. The van der Waals surface area contributed by atoms with E-state index >= 15 is 0 Å². The summed E-state index contributed by atoms with van der Waals surface area (Å²) in [5, 5.41) is 7.72. The van der Waals surface area contributed by atoms with E-state index in [0.29, 0.717) is 28.7 Å². The molecule has 0 atom stereocenters. The number of ether oxygens (including phenoxy) is 2. The van der Waals surface area contributed by atoms with Crippen LogP contribution in [0, 0.1) is 0 Å². The van der Waals surface area contributed by atoms with Gasteiger partial charge in [0, 0.05) is 29.9 Å². The van der Waals surface area contributed by atoms with E-state index in [9.17, 15) is 22.0 Å². The first-order valence-corrected chi connectivity index (χ1v) is 13.3. The van der Waals surface area contributed by atoms with Crippen molar-refractivity contribution in [3.8, 4) is 22.9 Å². The van der Waals surface area contributed by atoms with Crippen LogP contribution in [-0.4, -0.2) is 63.4 Å². The van der Waals surface area contributed by atoms with Gasteiger partial charge in [-0.3, -0.25) is 4.68 Å². The van der Waals surface area contributed by atoms with Crippen molar-refractivity contribution in [2.75, 3.05) is 12.0 Å². The van der Waals surface area contributed by atoms with Gasteiger partial charge < -0.3 is 19.8 Å². The normalized spacial score (nSPS) is 12.4. The first-order chi connectivity index (χ1) is 17.3. The Morgan fingerprint density at radius 1 is 1.27 bits per heavy atom. The van der Waals surface area contributed by atoms with Crippen LogP contribution in [-0.2, 0) is 16.4 Å². The average Bonchev–Trinajstić information content (AvgIpc) is 3.32. The molecule has 37 heavy (non-hydrogen) atoms. The van der Waals surface area contributed by atoms with E-state index in [4.69, 9.17) is 4.74 Å². The van der Waals surface area contributed by atoms with Crippen molar-refractivity contribution < 1.29 is 31.5 Å². The summed E-state index contributed by atoms with van der Waals surface area (Å²) in [6.45, 7) is 2.68. The van der Waals surface area contributed by atoms with Gasteiger partial charge in [-0.15, -0.1) is 0 Å². The Hall–Kier alpha value is -3.81. The van der Waals surface area contributed by atoms with Crippen molar-refractivity contribution in [1.29, 1.82) is 0 Å². The van der Waals surface area contributed by atoms with Crippen LogP contribution in [0.1, 0.15) is 27.2 Å². The number of benzene rings is 1. The predicted octanol–water partition coefficient (Wildman–Crippen LogP) is 3.90. The van der Waals surface area contributed by atoms with Crippen LogP contribution in [0.4, 0.5) is 13.6 Å². The third kappa shape index (κ3) is 6.50. The summed E-state index contributed by atoms with van der Waals surface area (Å²) < 4.78 is 60.4. The van der Waals surface area contributed by atoms with Crippen molar-refractivity contribution in [2.24, 2.45) is 0 Å². The number of aryl methyl sites for hydroxylation is 1. The molecule has 2 N–H and O–H groups in total. The van der Waals surface area contributed by atoms with E-state index < -0.39 is 28.1 Å². The van der Waals surface area contributed by atoms with Crippen molar-refractivity contribution in [2.45, 2.75) is 45.9 Å². The lowest BCUT2D eigenvalue weighted by Gasteiger charge is -2.19. The topological polar surface area (TPSA) is 141 Å². The first kappa shape index (κ1) is 26.3. The van der Waals surface area contributed by atoms with Crippen LogP contribution in [0.25, 0.3) is 33.5 Å². The zero-order valence-electron chi connectivity index (χ0n) is 20.6. The number of hydrogen-bond donors (Lipinski definition) is 2. The van der Waals surface area contributed by atoms with E-state index in [-0.39, 0.29) is 35.0 Å². The molecule has 0 spiro atoms. The predicted molar refractivity (Wildman–Crippen MR) is 132 cm³/mol. The Kier molecular flexibility index (Phi) is 7.04. The minimum atomic E-state index is -3.17. The number of carbonyl (C=O) groups excluding carboxylic acids is 1. The molecule has 0 aliphatic rings. The summed E-state index contributed by atoms with van der Waals surface area (Å²) in [7, 11) is -3.17. The molecule has 11 nitrogen and oxygen atoms in total. The number of amides is 1. The summed E-state index contributed by atoms with van der Waals surface area (Å²) in [6, 6.07) is 4.36. The van der Waals surface area contributed by atoms with Crippen LogP contribution < -0.4 is 14.8 Å². The molecule has 0 radical (unpaired) electrons. The van der Waals surface area contributed by atoms with Crippen LogP contribution >= 0.6 is 0 Å². The minimum absolute atomic E-state index is 0.0390. The zero-order chi connectivity index (χ0) is 27.0. The standard InChI is InChI=1S/C23H26F2N6O5S/c1-23(2,3)29-22(32)36-17-12-27-20-19(17)28-15(11-26-20)18-14-10-13(35-21(24)25)6-7-16(14)31(30-18)8-5-9-37(4,33)34/h6-7,10-12,21H,5,8-9H2,1-4H3,(H,26,27)(H,29,32). The molecule has 0 aliphatic heterocycles. The summed E-state index contributed by atoms with van der Waals surface area (Å²) in [5.41, 5.74) is 1.29. The van der Waals surface area contributed by atoms with Gasteiger partial charge in [-0.05, 0) is 45.4 Å². The highest BCUT2D eigenvalue weighted by atomic mass is 32.2. The molecule has 0 fully saturated rings. The maximum Gasteiger partial charge on any atom is 0.413 e. The molecule has 0 bridgehead atoms. The number of nitrogens with zero attached hydrogens (tertiary/aromatic N) is 4. The number of fused-ring (bicyclic) bond motifs is 2. The molecule has 14 heteroatoms. The van der Waals surface area contributed by atoms with Crippen molar-refractivity contribution >= 4 is 38.0 Å². The summed E-state index contributed by atoms with van der Waals surface area (Å²) >= 11 is 0. The van der Waals surface area contributed by atoms with Gasteiger partial charge in [-0.25, -0.2) is 23.2 Å².